The SMILES string of the molecule is NCCNO[C-]=O.[Au+]. The number of hydrogen-bond donors (Lipinski definition) is 2. The van der Waals surface area contributed by atoms with Gasteiger partial charge in [-0.25, -0.2) is 0 Å². The predicted octanol–water partition coefficient (Wildman–Crippen LogP) is -1.47. The van der Waals surface area contributed by atoms with E-state index in [1.165, 1.54) is 6.47 Å². The van der Waals surface area contributed by atoms with Gasteiger partial charge < -0.3 is 15.4 Å². The normalized spacial score (nSPS) is 7.12. The Morgan fingerprint density at radius 3 is 2.75 bits per heavy atom. The molecule has 4 nitrogen and oxygen atoms in total. The third-order valence-corrected chi connectivity index (χ3v) is 0.360. The summed E-state index contributed by atoms with van der Waals surface area (Å²) < 4.78 is 0. The minimum absolute atomic E-state index is 0. The van der Waals surface area contributed by atoms with Crippen LogP contribution < -0.4 is 11.2 Å². The average Bonchev–Trinajstić information content (AvgIpc) is 1.69. The number of hydroxylamine groups is 1. The minimum Gasteiger partial charge on any atom is -0.571 e. The molecule has 0 atom stereocenters. The van der Waals surface area contributed by atoms with Crippen LogP contribution in [0.3, 0.4) is 0 Å². The molecule has 0 unspecified atom stereocenters. The van der Waals surface area contributed by atoms with Crippen molar-refractivity contribution in [3.05, 3.63) is 0 Å². The van der Waals surface area contributed by atoms with Crippen molar-refractivity contribution < 1.29 is 32.0 Å². The molecule has 0 aromatic heterocycles. The predicted molar refractivity (Wildman–Crippen MR) is 23.8 cm³/mol. The van der Waals surface area contributed by atoms with Gasteiger partial charge in [0.2, 0.25) is 0 Å². The summed E-state index contributed by atoms with van der Waals surface area (Å²) in [4.78, 5) is 13.2. The van der Waals surface area contributed by atoms with Crippen LogP contribution >= 0.6 is 0 Å². The number of rotatable bonds is 4. The van der Waals surface area contributed by atoms with Gasteiger partial charge >= 0.3 is 22.4 Å². The topological polar surface area (TPSA) is 64.3 Å². The second kappa shape index (κ2) is 10.2. The molecule has 0 bridgehead atoms. The molecule has 3 N–H and O–H groups in total. The number of nitrogens with one attached hydrogen (secondary N) is 1. The van der Waals surface area contributed by atoms with Gasteiger partial charge in [0.25, 0.3) is 0 Å². The maximum Gasteiger partial charge on any atom is 1.00 e. The Bertz CT molecular complexity index is 52.5. The second-order valence-corrected chi connectivity index (χ2v) is 0.868. The van der Waals surface area contributed by atoms with Crippen LogP contribution in [-0.2, 0) is 32.0 Å². The Morgan fingerprint density at radius 1 is 1.75 bits per heavy atom. The summed E-state index contributed by atoms with van der Waals surface area (Å²) in [5.41, 5.74) is 7.23. The molecule has 0 saturated heterocycles. The number of nitrogens with two attached hydrogens (primary N) is 1. The fraction of sp³-hybridized carbons (Fsp3) is 0.667. The maximum atomic E-state index is 9.23. The molecule has 0 heterocycles. The Morgan fingerprint density at radius 2 is 2.38 bits per heavy atom. The van der Waals surface area contributed by atoms with Gasteiger partial charge in [0.15, 0.2) is 0 Å². The molecule has 0 aliphatic rings. The molecular formula is C3H7AuN2O2. The first-order chi connectivity index (χ1) is 3.41. The average molecular weight is 300 g/mol. The van der Waals surface area contributed by atoms with Crippen LogP contribution in [-0.4, -0.2) is 19.6 Å². The molecule has 0 aromatic carbocycles. The van der Waals surface area contributed by atoms with Gasteiger partial charge in [-0.3, -0.25) is 0 Å². The Labute approximate surface area is 63.2 Å². The van der Waals surface area contributed by atoms with E-state index in [2.05, 4.69) is 10.3 Å². The summed E-state index contributed by atoms with van der Waals surface area (Å²) in [5, 5.41) is 0. The summed E-state index contributed by atoms with van der Waals surface area (Å²) >= 11 is 0. The van der Waals surface area contributed by atoms with Crippen LogP contribution in [0.25, 0.3) is 0 Å². The molecule has 5 heteroatoms. The van der Waals surface area contributed by atoms with Crippen molar-refractivity contribution in [2.24, 2.45) is 5.73 Å². The number of carbonyl (C=O) groups excluding carboxylic acids is 1. The van der Waals surface area contributed by atoms with Crippen LogP contribution in [0.4, 0.5) is 0 Å². The van der Waals surface area contributed by atoms with Gasteiger partial charge in [0, 0.05) is 13.1 Å². The fourth-order valence-electron chi connectivity index (χ4n) is 0.139. The third-order valence-electron chi connectivity index (χ3n) is 0.360. The van der Waals surface area contributed by atoms with Crippen molar-refractivity contribution in [1.29, 1.82) is 0 Å². The fourth-order valence-corrected chi connectivity index (χ4v) is 0.139. The van der Waals surface area contributed by atoms with Crippen molar-refractivity contribution in [2.45, 2.75) is 0 Å². The van der Waals surface area contributed by atoms with Gasteiger partial charge in [-0.2, -0.15) is 5.48 Å². The molecule has 0 fully saturated rings. The first-order valence-corrected chi connectivity index (χ1v) is 1.87. The van der Waals surface area contributed by atoms with E-state index >= 15 is 0 Å². The summed E-state index contributed by atoms with van der Waals surface area (Å²) in [6.07, 6.45) is 0. The first kappa shape index (κ1) is 11.0. The summed E-state index contributed by atoms with van der Waals surface area (Å²) in [5.74, 6) is 0. The van der Waals surface area contributed by atoms with E-state index in [0.717, 1.165) is 0 Å². The van der Waals surface area contributed by atoms with E-state index in [4.69, 9.17) is 5.73 Å². The molecule has 0 aliphatic heterocycles. The monoisotopic (exact) mass is 300 g/mol. The molecule has 52 valence electrons. The van der Waals surface area contributed by atoms with E-state index in [1.54, 1.807) is 0 Å². The zero-order valence-electron chi connectivity index (χ0n) is 4.11. The van der Waals surface area contributed by atoms with Crippen molar-refractivity contribution in [1.82, 2.24) is 5.48 Å². The molecule has 0 spiro atoms. The van der Waals surface area contributed by atoms with Crippen molar-refractivity contribution in [3.63, 3.8) is 0 Å². The smallest absolute Gasteiger partial charge is 0.571 e. The van der Waals surface area contributed by atoms with Crippen LogP contribution in [0.15, 0.2) is 0 Å². The van der Waals surface area contributed by atoms with Gasteiger partial charge in [0.05, 0.1) is 0 Å². The van der Waals surface area contributed by atoms with Crippen LogP contribution in [0.1, 0.15) is 0 Å². The molecule has 0 saturated carbocycles. The number of hydrogen-bond acceptors (Lipinski definition) is 4. The van der Waals surface area contributed by atoms with Gasteiger partial charge in [0.1, 0.15) is 0 Å². The molecule has 8 heavy (non-hydrogen) atoms. The van der Waals surface area contributed by atoms with Gasteiger partial charge in [-0.1, -0.05) is 0 Å². The third kappa shape index (κ3) is 9.46. The van der Waals surface area contributed by atoms with Crippen molar-refractivity contribution in [2.75, 3.05) is 13.1 Å². The van der Waals surface area contributed by atoms with E-state index in [1.807, 2.05) is 0 Å². The van der Waals surface area contributed by atoms with Crippen LogP contribution in [0.5, 0.6) is 0 Å². The molecule has 0 aromatic rings. The zero-order chi connectivity index (χ0) is 5.54. The van der Waals surface area contributed by atoms with Crippen LogP contribution in [0.2, 0.25) is 0 Å². The molecule has 0 rings (SSSR count). The van der Waals surface area contributed by atoms with Crippen LogP contribution in [0, 0.1) is 0 Å². The molecule has 0 aliphatic carbocycles. The molecule has 0 amide bonds. The Hall–Kier alpha value is 0.130. The largest absolute Gasteiger partial charge is 1.00 e. The summed E-state index contributed by atoms with van der Waals surface area (Å²) in [6.45, 7) is 2.10. The standard InChI is InChI=1S/C3H7N2O2.Au/c4-1-2-5-7-3-6;/h5H,1-2,4H2;/q-1;+1. The Kier molecular flexibility index (Phi) is 14.0. The quantitative estimate of drug-likeness (QED) is 0.288. The Balaban J connectivity index is 0. The van der Waals surface area contributed by atoms with Crippen molar-refractivity contribution >= 4 is 6.47 Å². The molecular weight excluding hydrogens is 293 g/mol. The van der Waals surface area contributed by atoms with E-state index in [9.17, 15) is 4.79 Å². The zero-order valence-corrected chi connectivity index (χ0v) is 6.28. The second-order valence-electron chi connectivity index (χ2n) is 0.868. The first-order valence-electron chi connectivity index (χ1n) is 1.87. The van der Waals surface area contributed by atoms with Crippen molar-refractivity contribution in [3.8, 4) is 0 Å². The van der Waals surface area contributed by atoms with E-state index in [0.29, 0.717) is 13.1 Å². The minimum atomic E-state index is 0. The summed E-state index contributed by atoms with van der Waals surface area (Å²) in [7, 11) is 0. The van der Waals surface area contributed by atoms with Gasteiger partial charge in [-0.05, 0) is 6.47 Å². The summed E-state index contributed by atoms with van der Waals surface area (Å²) in [6, 6.07) is 0. The molecule has 0 radical (unpaired) electrons. The maximum absolute atomic E-state index is 9.23. The van der Waals surface area contributed by atoms with Gasteiger partial charge in [-0.15, -0.1) is 0 Å². The van der Waals surface area contributed by atoms with E-state index < -0.39 is 0 Å². The van der Waals surface area contributed by atoms with E-state index in [-0.39, 0.29) is 22.4 Å².